The lowest BCUT2D eigenvalue weighted by molar-refractivity contribution is -0.142. The molecule has 4 N–H and O–H groups in total. The van der Waals surface area contributed by atoms with Gasteiger partial charge in [0.15, 0.2) is 0 Å². The van der Waals surface area contributed by atoms with E-state index in [0.717, 1.165) is 5.56 Å². The highest BCUT2D eigenvalue weighted by Crippen LogP contribution is 2.01. The van der Waals surface area contributed by atoms with E-state index < -0.39 is 36.7 Å². The number of benzene rings is 1. The highest BCUT2D eigenvalue weighted by Gasteiger charge is 2.25. The predicted molar refractivity (Wildman–Crippen MR) is 80.5 cm³/mol. The van der Waals surface area contributed by atoms with Crippen molar-refractivity contribution in [1.29, 1.82) is 0 Å². The number of carboxylic acid groups (broad SMARTS) is 1. The molecule has 126 valence electrons. The largest absolute Gasteiger partial charge is 0.480 e. The van der Waals surface area contributed by atoms with Crippen LogP contribution in [0.4, 0.5) is 4.79 Å². The minimum absolute atomic E-state index is 0.0130. The minimum Gasteiger partial charge on any atom is -0.480 e. The Bertz CT molecular complexity index is 534. The van der Waals surface area contributed by atoms with Crippen LogP contribution in [0.2, 0.25) is 0 Å². The molecule has 2 amide bonds. The van der Waals surface area contributed by atoms with Crippen molar-refractivity contribution in [2.45, 2.75) is 32.0 Å². The lowest BCUT2D eigenvalue weighted by Gasteiger charge is -2.19. The second kappa shape index (κ2) is 9.42. The van der Waals surface area contributed by atoms with Crippen molar-refractivity contribution in [3.8, 4) is 0 Å². The van der Waals surface area contributed by atoms with E-state index in [4.69, 9.17) is 9.84 Å². The van der Waals surface area contributed by atoms with Crippen LogP contribution in [-0.4, -0.2) is 46.9 Å². The average molecular weight is 324 g/mol. The Morgan fingerprint density at radius 3 is 2.30 bits per heavy atom. The zero-order valence-electron chi connectivity index (χ0n) is 12.7. The molecule has 0 spiro atoms. The van der Waals surface area contributed by atoms with E-state index in [1.165, 1.54) is 0 Å². The van der Waals surface area contributed by atoms with Gasteiger partial charge >= 0.3 is 12.1 Å². The molecular formula is C15H20N2O6. The Balaban J connectivity index is 2.49. The smallest absolute Gasteiger partial charge is 0.408 e. The van der Waals surface area contributed by atoms with Gasteiger partial charge in [0.05, 0.1) is 6.61 Å². The molecule has 0 aliphatic carbocycles. The normalized spacial score (nSPS) is 12.8. The molecule has 0 radical (unpaired) electrons. The number of rotatable bonds is 8. The Hall–Kier alpha value is -2.61. The molecule has 1 aromatic rings. The van der Waals surface area contributed by atoms with E-state index >= 15 is 0 Å². The van der Waals surface area contributed by atoms with E-state index in [9.17, 15) is 19.5 Å². The first-order valence-corrected chi connectivity index (χ1v) is 7.09. The van der Waals surface area contributed by atoms with Gasteiger partial charge in [0, 0.05) is 0 Å². The zero-order chi connectivity index (χ0) is 17.2. The Kier molecular flexibility index (Phi) is 7.55. The molecule has 8 nitrogen and oxygen atoms in total. The molecule has 0 saturated heterocycles. The molecule has 0 bridgehead atoms. The molecule has 0 aromatic heterocycles. The van der Waals surface area contributed by atoms with Gasteiger partial charge in [0.25, 0.3) is 0 Å². The molecule has 0 unspecified atom stereocenters. The molecule has 0 fully saturated rings. The fourth-order valence-electron chi connectivity index (χ4n) is 1.71. The molecule has 0 saturated carbocycles. The number of amides is 2. The third-order valence-corrected chi connectivity index (χ3v) is 3.03. The number of alkyl carbamates (subject to hydrolysis) is 1. The maximum atomic E-state index is 11.9. The van der Waals surface area contributed by atoms with Crippen LogP contribution in [0.5, 0.6) is 0 Å². The second-order valence-electron chi connectivity index (χ2n) is 4.75. The summed E-state index contributed by atoms with van der Waals surface area (Å²) in [6.45, 7) is 0.927. The topological polar surface area (TPSA) is 125 Å². The maximum absolute atomic E-state index is 11.9. The van der Waals surface area contributed by atoms with Gasteiger partial charge in [0.2, 0.25) is 5.91 Å². The fourth-order valence-corrected chi connectivity index (χ4v) is 1.71. The summed E-state index contributed by atoms with van der Waals surface area (Å²) in [6.07, 6.45) is -0.705. The summed E-state index contributed by atoms with van der Waals surface area (Å²) >= 11 is 0. The van der Waals surface area contributed by atoms with Gasteiger partial charge in [0.1, 0.15) is 18.7 Å². The number of carboxylic acids is 1. The standard InChI is InChI=1S/C15H20N2O6/c1-2-11(14(20)21)16-13(19)12(8-18)17-15(22)23-9-10-6-4-3-5-7-10/h3-7,11-12,18H,2,8-9H2,1H3,(H,16,19)(H,17,22)(H,20,21)/t11-,12-/m0/s1. The number of hydrogen-bond donors (Lipinski definition) is 4. The molecule has 0 aliphatic heterocycles. The number of ether oxygens (including phenoxy) is 1. The molecule has 0 aliphatic rings. The van der Waals surface area contributed by atoms with Crippen LogP contribution in [0.1, 0.15) is 18.9 Å². The van der Waals surface area contributed by atoms with Crippen LogP contribution < -0.4 is 10.6 Å². The minimum atomic E-state index is -1.29. The van der Waals surface area contributed by atoms with Crippen molar-refractivity contribution in [2.24, 2.45) is 0 Å². The monoisotopic (exact) mass is 324 g/mol. The molecular weight excluding hydrogens is 304 g/mol. The Morgan fingerprint density at radius 1 is 1.13 bits per heavy atom. The van der Waals surface area contributed by atoms with E-state index in [2.05, 4.69) is 10.6 Å². The summed E-state index contributed by atoms with van der Waals surface area (Å²) in [5.74, 6) is -1.98. The van der Waals surface area contributed by atoms with E-state index in [1.54, 1.807) is 31.2 Å². The van der Waals surface area contributed by atoms with Crippen molar-refractivity contribution in [2.75, 3.05) is 6.61 Å². The molecule has 23 heavy (non-hydrogen) atoms. The van der Waals surface area contributed by atoms with Gasteiger partial charge in [-0.1, -0.05) is 37.3 Å². The predicted octanol–water partition coefficient (Wildman–Crippen LogP) is 0.253. The van der Waals surface area contributed by atoms with E-state index in [1.807, 2.05) is 6.07 Å². The molecule has 1 aromatic carbocycles. The summed E-state index contributed by atoms with van der Waals surface area (Å²) in [4.78, 5) is 34.4. The van der Waals surface area contributed by atoms with Crippen molar-refractivity contribution in [3.05, 3.63) is 35.9 Å². The Labute approximate surface area is 133 Å². The van der Waals surface area contributed by atoms with Crippen LogP contribution in [0, 0.1) is 0 Å². The van der Waals surface area contributed by atoms with Gasteiger partial charge in [-0.15, -0.1) is 0 Å². The molecule has 2 atom stereocenters. The number of aliphatic hydroxyl groups is 1. The number of nitrogens with one attached hydrogen (secondary N) is 2. The lowest BCUT2D eigenvalue weighted by atomic mass is 10.2. The summed E-state index contributed by atoms with van der Waals surface area (Å²) < 4.78 is 4.93. The second-order valence-corrected chi connectivity index (χ2v) is 4.75. The van der Waals surface area contributed by atoms with Crippen LogP contribution in [0.3, 0.4) is 0 Å². The SMILES string of the molecule is CC[C@H](NC(=O)[C@H](CO)NC(=O)OCc1ccccc1)C(=O)O. The molecule has 0 heterocycles. The molecule has 1 rings (SSSR count). The first-order valence-electron chi connectivity index (χ1n) is 7.09. The fraction of sp³-hybridized carbons (Fsp3) is 0.400. The average Bonchev–Trinajstić information content (AvgIpc) is 2.56. The Morgan fingerprint density at radius 2 is 1.78 bits per heavy atom. The van der Waals surface area contributed by atoms with Crippen molar-refractivity contribution in [1.82, 2.24) is 10.6 Å². The number of carbonyl (C=O) groups excluding carboxylic acids is 2. The summed E-state index contributed by atoms with van der Waals surface area (Å²) in [5.41, 5.74) is 0.768. The maximum Gasteiger partial charge on any atom is 0.408 e. The first kappa shape index (κ1) is 18.4. The third kappa shape index (κ3) is 6.35. The van der Waals surface area contributed by atoms with Gasteiger partial charge in [-0.05, 0) is 12.0 Å². The number of aliphatic hydroxyl groups excluding tert-OH is 1. The first-order chi connectivity index (χ1) is 11.0. The third-order valence-electron chi connectivity index (χ3n) is 3.03. The number of carbonyl (C=O) groups is 3. The summed E-state index contributed by atoms with van der Waals surface area (Å²) in [6, 6.07) is 6.56. The van der Waals surface area contributed by atoms with Crippen LogP contribution in [-0.2, 0) is 20.9 Å². The van der Waals surface area contributed by atoms with Gasteiger partial charge in [-0.3, -0.25) is 4.79 Å². The van der Waals surface area contributed by atoms with Gasteiger partial charge in [-0.2, -0.15) is 0 Å². The van der Waals surface area contributed by atoms with Crippen molar-refractivity contribution in [3.63, 3.8) is 0 Å². The van der Waals surface area contributed by atoms with Crippen molar-refractivity contribution >= 4 is 18.0 Å². The lowest BCUT2D eigenvalue weighted by Crippen LogP contribution is -2.53. The molecule has 8 heteroatoms. The number of aliphatic carboxylic acids is 1. The quantitative estimate of drug-likeness (QED) is 0.543. The van der Waals surface area contributed by atoms with Gasteiger partial charge in [-0.25, -0.2) is 9.59 Å². The van der Waals surface area contributed by atoms with Crippen LogP contribution in [0.15, 0.2) is 30.3 Å². The van der Waals surface area contributed by atoms with Gasteiger partial charge < -0.3 is 25.6 Å². The van der Waals surface area contributed by atoms with Crippen molar-refractivity contribution < 1.29 is 29.3 Å². The highest BCUT2D eigenvalue weighted by molar-refractivity contribution is 5.89. The summed E-state index contributed by atoms with van der Waals surface area (Å²) in [5, 5.41) is 22.5. The van der Waals surface area contributed by atoms with Crippen LogP contribution in [0.25, 0.3) is 0 Å². The zero-order valence-corrected chi connectivity index (χ0v) is 12.7. The van der Waals surface area contributed by atoms with E-state index in [0.29, 0.717) is 0 Å². The number of hydrogen-bond acceptors (Lipinski definition) is 5. The highest BCUT2D eigenvalue weighted by atomic mass is 16.5. The van der Waals surface area contributed by atoms with Crippen LogP contribution >= 0.6 is 0 Å². The van der Waals surface area contributed by atoms with E-state index in [-0.39, 0.29) is 13.0 Å². The summed E-state index contributed by atoms with van der Waals surface area (Å²) in [7, 11) is 0.